The second-order valence-corrected chi connectivity index (χ2v) is 4.70. The van der Waals surface area contributed by atoms with E-state index in [0.717, 1.165) is 10.9 Å². The zero-order chi connectivity index (χ0) is 14.2. The number of benzene rings is 1. The standard InChI is InChI=1S/C16H10N4O/c21-16-11-3-1-2-4-13(11)19-15(20-16)14-6-5-10-9-17-8-7-12(10)18-14/h1-9H,(H,19,20,21). The van der Waals surface area contributed by atoms with Crippen molar-refractivity contribution in [3.05, 3.63) is 65.2 Å². The first-order valence-corrected chi connectivity index (χ1v) is 6.51. The highest BCUT2D eigenvalue weighted by Crippen LogP contribution is 2.18. The highest BCUT2D eigenvalue weighted by atomic mass is 16.1. The number of para-hydroxylation sites is 1. The SMILES string of the molecule is O=c1[nH]c(-c2ccc3cnccc3n2)nc2ccccc12. The van der Waals surface area contributed by atoms with Crippen LogP contribution in [0.4, 0.5) is 0 Å². The highest BCUT2D eigenvalue weighted by Gasteiger charge is 2.07. The van der Waals surface area contributed by atoms with Gasteiger partial charge in [-0.3, -0.25) is 9.78 Å². The fourth-order valence-corrected chi connectivity index (χ4v) is 2.30. The van der Waals surface area contributed by atoms with Crippen LogP contribution < -0.4 is 5.56 Å². The zero-order valence-electron chi connectivity index (χ0n) is 10.9. The quantitative estimate of drug-likeness (QED) is 0.579. The van der Waals surface area contributed by atoms with Crippen LogP contribution in [0.25, 0.3) is 33.3 Å². The maximum Gasteiger partial charge on any atom is 0.259 e. The van der Waals surface area contributed by atoms with E-state index in [2.05, 4.69) is 19.9 Å². The molecule has 4 rings (SSSR count). The second-order valence-electron chi connectivity index (χ2n) is 4.70. The van der Waals surface area contributed by atoms with E-state index in [1.807, 2.05) is 36.4 Å². The Hall–Kier alpha value is -3.08. The number of nitrogens with one attached hydrogen (secondary N) is 1. The first kappa shape index (κ1) is 11.7. The normalized spacial score (nSPS) is 11.0. The molecule has 0 radical (unpaired) electrons. The Labute approximate surface area is 119 Å². The number of rotatable bonds is 1. The highest BCUT2D eigenvalue weighted by molar-refractivity contribution is 5.81. The zero-order valence-corrected chi connectivity index (χ0v) is 10.9. The van der Waals surface area contributed by atoms with Gasteiger partial charge < -0.3 is 4.98 Å². The molecule has 21 heavy (non-hydrogen) atoms. The molecule has 4 aromatic rings. The summed E-state index contributed by atoms with van der Waals surface area (Å²) in [5.74, 6) is 0.470. The van der Waals surface area contributed by atoms with E-state index in [1.54, 1.807) is 18.5 Å². The maximum atomic E-state index is 12.1. The van der Waals surface area contributed by atoms with Gasteiger partial charge in [-0.15, -0.1) is 0 Å². The van der Waals surface area contributed by atoms with Crippen molar-refractivity contribution in [1.82, 2.24) is 19.9 Å². The first-order chi connectivity index (χ1) is 10.3. The molecular weight excluding hydrogens is 264 g/mol. The summed E-state index contributed by atoms with van der Waals surface area (Å²) >= 11 is 0. The number of aromatic nitrogens is 4. The van der Waals surface area contributed by atoms with Gasteiger partial charge in [0.1, 0.15) is 5.69 Å². The van der Waals surface area contributed by atoms with Gasteiger partial charge in [-0.05, 0) is 30.3 Å². The molecule has 0 saturated heterocycles. The molecule has 5 nitrogen and oxygen atoms in total. The molecule has 1 N–H and O–H groups in total. The third kappa shape index (κ3) is 1.95. The van der Waals surface area contributed by atoms with E-state index in [4.69, 9.17) is 0 Å². The van der Waals surface area contributed by atoms with Gasteiger partial charge in [-0.2, -0.15) is 0 Å². The van der Waals surface area contributed by atoms with Crippen LogP contribution in [-0.4, -0.2) is 19.9 Å². The van der Waals surface area contributed by atoms with Crippen LogP contribution in [0.2, 0.25) is 0 Å². The van der Waals surface area contributed by atoms with Gasteiger partial charge >= 0.3 is 0 Å². The number of hydrogen-bond donors (Lipinski definition) is 1. The van der Waals surface area contributed by atoms with Crippen LogP contribution in [0.15, 0.2) is 59.7 Å². The molecule has 1 aromatic carbocycles. The number of H-pyrrole nitrogens is 1. The van der Waals surface area contributed by atoms with Crippen molar-refractivity contribution in [2.45, 2.75) is 0 Å². The van der Waals surface area contributed by atoms with E-state index in [0.29, 0.717) is 22.4 Å². The average molecular weight is 274 g/mol. The van der Waals surface area contributed by atoms with Crippen molar-refractivity contribution in [1.29, 1.82) is 0 Å². The molecule has 3 heterocycles. The predicted molar refractivity (Wildman–Crippen MR) is 80.9 cm³/mol. The number of hydrogen-bond acceptors (Lipinski definition) is 4. The van der Waals surface area contributed by atoms with Crippen molar-refractivity contribution in [3.8, 4) is 11.5 Å². The monoisotopic (exact) mass is 274 g/mol. The van der Waals surface area contributed by atoms with Gasteiger partial charge in [-0.25, -0.2) is 9.97 Å². The van der Waals surface area contributed by atoms with Crippen LogP contribution in [0.5, 0.6) is 0 Å². The van der Waals surface area contributed by atoms with Crippen molar-refractivity contribution >= 4 is 21.8 Å². The third-order valence-corrected chi connectivity index (χ3v) is 3.35. The molecule has 3 aromatic heterocycles. The Kier molecular flexibility index (Phi) is 2.50. The average Bonchev–Trinajstić information content (AvgIpc) is 2.54. The predicted octanol–water partition coefficient (Wildman–Crippen LogP) is 2.53. The van der Waals surface area contributed by atoms with Crippen LogP contribution in [0, 0.1) is 0 Å². The summed E-state index contributed by atoms with van der Waals surface area (Å²) in [5.41, 5.74) is 1.95. The minimum Gasteiger partial charge on any atom is -0.305 e. The number of pyridine rings is 2. The van der Waals surface area contributed by atoms with Gasteiger partial charge in [0.25, 0.3) is 5.56 Å². The summed E-state index contributed by atoms with van der Waals surface area (Å²) in [6.07, 6.45) is 3.44. The summed E-state index contributed by atoms with van der Waals surface area (Å²) in [7, 11) is 0. The van der Waals surface area contributed by atoms with E-state index >= 15 is 0 Å². The van der Waals surface area contributed by atoms with Gasteiger partial charge in [0, 0.05) is 17.8 Å². The largest absolute Gasteiger partial charge is 0.305 e. The summed E-state index contributed by atoms with van der Waals surface area (Å²) < 4.78 is 0. The summed E-state index contributed by atoms with van der Waals surface area (Å²) in [6, 6.07) is 12.8. The lowest BCUT2D eigenvalue weighted by molar-refractivity contribution is 1.15. The molecule has 5 heteroatoms. The molecule has 0 aliphatic rings. The van der Waals surface area contributed by atoms with E-state index in [9.17, 15) is 4.79 Å². The van der Waals surface area contributed by atoms with Crippen molar-refractivity contribution in [2.24, 2.45) is 0 Å². The van der Waals surface area contributed by atoms with Gasteiger partial charge in [-0.1, -0.05) is 12.1 Å². The summed E-state index contributed by atoms with van der Waals surface area (Å²) in [4.78, 5) is 27.9. The Bertz CT molecular complexity index is 1020. The fraction of sp³-hybridized carbons (Fsp3) is 0. The van der Waals surface area contributed by atoms with Gasteiger partial charge in [0.05, 0.1) is 16.4 Å². The topological polar surface area (TPSA) is 71.5 Å². The van der Waals surface area contributed by atoms with Gasteiger partial charge in [0.15, 0.2) is 5.82 Å². The molecule has 0 atom stereocenters. The number of aromatic amines is 1. The molecule has 0 amide bonds. The van der Waals surface area contributed by atoms with Crippen LogP contribution in [0.1, 0.15) is 0 Å². The van der Waals surface area contributed by atoms with Gasteiger partial charge in [0.2, 0.25) is 0 Å². The number of fused-ring (bicyclic) bond motifs is 2. The summed E-state index contributed by atoms with van der Waals surface area (Å²) in [5, 5.41) is 1.52. The fourth-order valence-electron chi connectivity index (χ4n) is 2.30. The number of nitrogens with zero attached hydrogens (tertiary/aromatic N) is 3. The molecule has 100 valence electrons. The van der Waals surface area contributed by atoms with Crippen LogP contribution in [-0.2, 0) is 0 Å². The minimum absolute atomic E-state index is 0.160. The smallest absolute Gasteiger partial charge is 0.259 e. The van der Waals surface area contributed by atoms with E-state index < -0.39 is 0 Å². The first-order valence-electron chi connectivity index (χ1n) is 6.51. The maximum absolute atomic E-state index is 12.1. The molecule has 0 bridgehead atoms. The molecule has 0 aliphatic carbocycles. The third-order valence-electron chi connectivity index (χ3n) is 3.35. The Morgan fingerprint density at radius 2 is 1.81 bits per heavy atom. The molecule has 0 spiro atoms. The van der Waals surface area contributed by atoms with Crippen LogP contribution >= 0.6 is 0 Å². The summed E-state index contributed by atoms with van der Waals surface area (Å²) in [6.45, 7) is 0. The second kappa shape index (κ2) is 4.49. The lowest BCUT2D eigenvalue weighted by Gasteiger charge is -2.03. The van der Waals surface area contributed by atoms with E-state index in [-0.39, 0.29) is 5.56 Å². The van der Waals surface area contributed by atoms with Crippen molar-refractivity contribution in [2.75, 3.05) is 0 Å². The Morgan fingerprint density at radius 3 is 2.76 bits per heavy atom. The Morgan fingerprint density at radius 1 is 0.905 bits per heavy atom. The molecule has 0 saturated carbocycles. The molecule has 0 aliphatic heterocycles. The van der Waals surface area contributed by atoms with Crippen molar-refractivity contribution < 1.29 is 0 Å². The molecule has 0 fully saturated rings. The Balaban J connectivity index is 1.97. The van der Waals surface area contributed by atoms with Crippen molar-refractivity contribution in [3.63, 3.8) is 0 Å². The molecule has 0 unspecified atom stereocenters. The lowest BCUT2D eigenvalue weighted by atomic mass is 10.2. The minimum atomic E-state index is -0.160. The lowest BCUT2D eigenvalue weighted by Crippen LogP contribution is -2.09. The van der Waals surface area contributed by atoms with Crippen LogP contribution in [0.3, 0.4) is 0 Å². The van der Waals surface area contributed by atoms with E-state index in [1.165, 1.54) is 0 Å². The molecular formula is C16H10N4O.